The van der Waals surface area contributed by atoms with Crippen molar-refractivity contribution in [3.8, 4) is 6.07 Å². The number of nitriles is 1. The zero-order chi connectivity index (χ0) is 27.4. The zero-order valence-electron chi connectivity index (χ0n) is 18.6. The highest BCUT2D eigenvalue weighted by molar-refractivity contribution is 5.76. The molecular weight excluding hydrogens is 510 g/mol. The van der Waals surface area contributed by atoms with Crippen molar-refractivity contribution in [1.82, 2.24) is 10.6 Å². The molecule has 4 nitrogen and oxygen atoms in total. The lowest BCUT2D eigenvalue weighted by molar-refractivity contribution is -0.140. The molecular formula is C25H17F8N3O. The molecule has 1 unspecified atom stereocenters. The lowest BCUT2D eigenvalue weighted by Crippen LogP contribution is -2.53. The van der Waals surface area contributed by atoms with Gasteiger partial charge in [0.2, 0.25) is 0 Å². The smallest absolute Gasteiger partial charge is 0.329 e. The average molecular weight is 527 g/mol. The van der Waals surface area contributed by atoms with Crippen LogP contribution >= 0.6 is 0 Å². The number of hydrogen-bond acceptors (Lipinski definition) is 2. The van der Waals surface area contributed by atoms with E-state index < -0.39 is 59.6 Å². The molecule has 0 saturated carbocycles. The van der Waals surface area contributed by atoms with Crippen LogP contribution in [0.15, 0.2) is 66.7 Å². The fourth-order valence-electron chi connectivity index (χ4n) is 3.79. The molecule has 0 aliphatic carbocycles. The van der Waals surface area contributed by atoms with Gasteiger partial charge in [-0.2, -0.15) is 31.6 Å². The van der Waals surface area contributed by atoms with E-state index in [2.05, 4.69) is 5.32 Å². The highest BCUT2D eigenvalue weighted by atomic mass is 19.4. The second-order valence-electron chi connectivity index (χ2n) is 8.02. The van der Waals surface area contributed by atoms with Crippen LogP contribution in [-0.2, 0) is 18.1 Å². The minimum absolute atomic E-state index is 0.255. The number of nitrogens with zero attached hydrogens (tertiary/aromatic N) is 1. The predicted octanol–water partition coefficient (Wildman–Crippen LogP) is 6.20. The van der Waals surface area contributed by atoms with Gasteiger partial charge in [-0.25, -0.2) is 13.6 Å². The number of alkyl halides is 6. The van der Waals surface area contributed by atoms with E-state index in [0.717, 1.165) is 24.3 Å². The van der Waals surface area contributed by atoms with Crippen LogP contribution in [0.1, 0.15) is 27.8 Å². The van der Waals surface area contributed by atoms with Crippen LogP contribution in [0.2, 0.25) is 0 Å². The third-order valence-electron chi connectivity index (χ3n) is 5.37. The highest BCUT2D eigenvalue weighted by Crippen LogP contribution is 2.39. The van der Waals surface area contributed by atoms with E-state index in [1.54, 1.807) is 29.6 Å². The van der Waals surface area contributed by atoms with Gasteiger partial charge < -0.3 is 10.6 Å². The molecule has 0 bridgehead atoms. The van der Waals surface area contributed by atoms with E-state index in [4.69, 9.17) is 0 Å². The number of urea groups is 1. The quantitative estimate of drug-likeness (QED) is 0.375. The summed E-state index contributed by atoms with van der Waals surface area (Å²) in [5, 5.41) is 13.1. The van der Waals surface area contributed by atoms with Crippen molar-refractivity contribution in [1.29, 1.82) is 5.26 Å². The van der Waals surface area contributed by atoms with E-state index in [-0.39, 0.29) is 11.1 Å². The first-order valence-corrected chi connectivity index (χ1v) is 10.5. The first-order chi connectivity index (χ1) is 17.2. The SMILES string of the molecule is N#Cc1cc(F)cc(C(Cc2ccccc2)(NC(=O)NCC(F)(F)F)c2ccc(F)c(C(F)(F)F)c2)c1. The second-order valence-corrected chi connectivity index (χ2v) is 8.02. The molecule has 0 aromatic heterocycles. The summed E-state index contributed by atoms with van der Waals surface area (Å²) in [5.41, 5.74) is -4.45. The summed E-state index contributed by atoms with van der Waals surface area (Å²) in [7, 11) is 0. The Hall–Kier alpha value is -4.14. The first-order valence-electron chi connectivity index (χ1n) is 10.5. The monoisotopic (exact) mass is 527 g/mol. The van der Waals surface area contributed by atoms with E-state index >= 15 is 0 Å². The number of hydrogen-bond donors (Lipinski definition) is 2. The van der Waals surface area contributed by atoms with Crippen LogP contribution in [-0.4, -0.2) is 18.8 Å². The van der Waals surface area contributed by atoms with Gasteiger partial charge in [-0.15, -0.1) is 0 Å². The molecule has 3 aromatic rings. The Labute approximate surface area is 205 Å². The van der Waals surface area contributed by atoms with Gasteiger partial charge in [0.15, 0.2) is 0 Å². The molecule has 2 amide bonds. The van der Waals surface area contributed by atoms with E-state index in [0.29, 0.717) is 17.7 Å². The number of carbonyl (C=O) groups excluding carboxylic acids is 1. The van der Waals surface area contributed by atoms with Gasteiger partial charge in [-0.3, -0.25) is 0 Å². The van der Waals surface area contributed by atoms with Crippen LogP contribution in [0, 0.1) is 23.0 Å². The van der Waals surface area contributed by atoms with Crippen molar-refractivity contribution >= 4 is 6.03 Å². The lowest BCUT2D eigenvalue weighted by atomic mass is 9.77. The highest BCUT2D eigenvalue weighted by Gasteiger charge is 2.41. The Morgan fingerprint density at radius 3 is 2.14 bits per heavy atom. The van der Waals surface area contributed by atoms with Gasteiger partial charge in [-0.05, 0) is 47.0 Å². The molecule has 0 aliphatic heterocycles. The third kappa shape index (κ3) is 6.75. The molecule has 194 valence electrons. The van der Waals surface area contributed by atoms with Crippen molar-refractivity contribution in [3.05, 3.63) is 106 Å². The number of benzene rings is 3. The van der Waals surface area contributed by atoms with Crippen LogP contribution < -0.4 is 10.6 Å². The van der Waals surface area contributed by atoms with Gasteiger partial charge >= 0.3 is 18.4 Å². The minimum Gasteiger partial charge on any atom is -0.329 e. The van der Waals surface area contributed by atoms with Crippen LogP contribution in [0.4, 0.5) is 39.9 Å². The van der Waals surface area contributed by atoms with Crippen molar-refractivity contribution in [3.63, 3.8) is 0 Å². The van der Waals surface area contributed by atoms with Gasteiger partial charge in [-0.1, -0.05) is 36.4 Å². The molecule has 2 N–H and O–H groups in total. The Balaban J connectivity index is 2.32. The van der Waals surface area contributed by atoms with Gasteiger partial charge in [0, 0.05) is 6.42 Å². The number of amides is 2. The summed E-state index contributed by atoms with van der Waals surface area (Å²) in [6.07, 6.45) is -10.4. The maximum atomic E-state index is 14.5. The number of rotatable bonds is 6. The summed E-state index contributed by atoms with van der Waals surface area (Å²) < 4.78 is 108. The normalized spacial score (nSPS) is 13.4. The van der Waals surface area contributed by atoms with Gasteiger partial charge in [0.25, 0.3) is 0 Å². The Kier molecular flexibility index (Phi) is 7.76. The van der Waals surface area contributed by atoms with Crippen molar-refractivity contribution in [2.24, 2.45) is 0 Å². The molecule has 0 saturated heterocycles. The Morgan fingerprint density at radius 1 is 0.865 bits per heavy atom. The number of nitrogens with one attached hydrogen (secondary N) is 2. The molecule has 0 fully saturated rings. The number of carbonyl (C=O) groups is 1. The van der Waals surface area contributed by atoms with Crippen LogP contribution in [0.5, 0.6) is 0 Å². The predicted molar refractivity (Wildman–Crippen MR) is 116 cm³/mol. The van der Waals surface area contributed by atoms with Crippen LogP contribution in [0.3, 0.4) is 0 Å². The standard InChI is InChI=1S/C25H17F8N3O/c26-19-9-16(13-34)8-18(10-19)23(12-15-4-2-1-3-5-15,36-22(37)35-14-24(28,29)30)17-6-7-21(27)20(11-17)25(31,32)33/h1-11H,12,14H2,(H2,35,36,37). The molecule has 0 spiro atoms. The van der Waals surface area contributed by atoms with Crippen molar-refractivity contribution in [2.75, 3.05) is 6.54 Å². The second kappa shape index (κ2) is 10.5. The maximum Gasteiger partial charge on any atom is 0.419 e. The minimum atomic E-state index is -5.17. The first kappa shape index (κ1) is 27.4. The molecule has 37 heavy (non-hydrogen) atoms. The molecule has 3 rings (SSSR count). The maximum absolute atomic E-state index is 14.5. The fraction of sp³-hybridized carbons (Fsp3) is 0.200. The average Bonchev–Trinajstić information content (AvgIpc) is 2.81. The molecule has 0 aliphatic rings. The molecule has 0 radical (unpaired) electrons. The molecule has 0 heterocycles. The summed E-state index contributed by atoms with van der Waals surface area (Å²) in [6.45, 7) is -1.77. The van der Waals surface area contributed by atoms with E-state index in [9.17, 15) is 45.2 Å². The van der Waals surface area contributed by atoms with E-state index in [1.165, 1.54) is 12.1 Å². The summed E-state index contributed by atoms with van der Waals surface area (Å²) in [5.74, 6) is -2.63. The molecule has 3 aromatic carbocycles. The zero-order valence-corrected chi connectivity index (χ0v) is 18.6. The Morgan fingerprint density at radius 2 is 1.54 bits per heavy atom. The van der Waals surface area contributed by atoms with Crippen molar-refractivity contribution in [2.45, 2.75) is 24.3 Å². The summed E-state index contributed by atoms with van der Waals surface area (Å²) >= 11 is 0. The fourth-order valence-corrected chi connectivity index (χ4v) is 3.79. The number of halogens is 8. The van der Waals surface area contributed by atoms with Crippen molar-refractivity contribution < 1.29 is 39.9 Å². The summed E-state index contributed by atoms with van der Waals surface area (Å²) in [6, 6.07) is 12.5. The topological polar surface area (TPSA) is 64.9 Å². The third-order valence-corrected chi connectivity index (χ3v) is 5.37. The van der Waals surface area contributed by atoms with E-state index in [1.807, 2.05) is 0 Å². The molecule has 1 atom stereocenters. The van der Waals surface area contributed by atoms with Gasteiger partial charge in [0.1, 0.15) is 18.2 Å². The van der Waals surface area contributed by atoms with Gasteiger partial charge in [0.05, 0.1) is 22.7 Å². The molecule has 12 heteroatoms. The summed E-state index contributed by atoms with van der Waals surface area (Å²) in [4.78, 5) is 12.7. The lowest BCUT2D eigenvalue weighted by Gasteiger charge is -2.37. The van der Waals surface area contributed by atoms with Crippen LogP contribution in [0.25, 0.3) is 0 Å². The largest absolute Gasteiger partial charge is 0.419 e. The Bertz CT molecular complexity index is 1320.